The minimum Gasteiger partial charge on any atom is -0.319 e. The first-order valence-electron chi connectivity index (χ1n) is 5.61. The first-order valence-corrected chi connectivity index (χ1v) is 5.61. The second-order valence-corrected chi connectivity index (χ2v) is 3.98. The van der Waals surface area contributed by atoms with E-state index >= 15 is 0 Å². The molecule has 0 aliphatic carbocycles. The van der Waals surface area contributed by atoms with E-state index in [4.69, 9.17) is 0 Å². The van der Waals surface area contributed by atoms with Crippen LogP contribution in [0.5, 0.6) is 0 Å². The maximum atomic E-state index is 13.4. The second kappa shape index (κ2) is 5.32. The average molecular weight is 283 g/mol. The van der Waals surface area contributed by atoms with Crippen molar-refractivity contribution in [2.45, 2.75) is 6.18 Å². The van der Waals surface area contributed by atoms with Crippen molar-refractivity contribution in [3.8, 4) is 0 Å². The van der Waals surface area contributed by atoms with E-state index < -0.39 is 29.0 Å². The van der Waals surface area contributed by atoms with Crippen molar-refractivity contribution in [2.75, 3.05) is 5.32 Å². The van der Waals surface area contributed by atoms with Gasteiger partial charge in [0.1, 0.15) is 5.82 Å². The molecule has 2 rings (SSSR count). The Balaban J connectivity index is 2.34. The summed E-state index contributed by atoms with van der Waals surface area (Å²) < 4.78 is 51.7. The highest BCUT2D eigenvalue weighted by atomic mass is 19.4. The first kappa shape index (κ1) is 14.0. The van der Waals surface area contributed by atoms with Gasteiger partial charge in [0, 0.05) is 0 Å². The number of amides is 1. The van der Waals surface area contributed by atoms with Crippen LogP contribution < -0.4 is 5.32 Å². The van der Waals surface area contributed by atoms with Crippen molar-refractivity contribution >= 4 is 11.6 Å². The molecule has 0 aliphatic rings. The topological polar surface area (TPSA) is 29.1 Å². The summed E-state index contributed by atoms with van der Waals surface area (Å²) in [6.45, 7) is 0. The molecular weight excluding hydrogens is 274 g/mol. The Morgan fingerprint density at radius 3 is 2.20 bits per heavy atom. The smallest absolute Gasteiger partial charge is 0.319 e. The third-order valence-electron chi connectivity index (χ3n) is 2.60. The molecule has 2 aromatic rings. The van der Waals surface area contributed by atoms with Gasteiger partial charge in [-0.1, -0.05) is 24.3 Å². The lowest BCUT2D eigenvalue weighted by Gasteiger charge is -2.12. The lowest BCUT2D eigenvalue weighted by Crippen LogP contribution is -2.19. The lowest BCUT2D eigenvalue weighted by atomic mass is 10.1. The molecule has 0 aromatic heterocycles. The van der Waals surface area contributed by atoms with Gasteiger partial charge in [0.15, 0.2) is 0 Å². The van der Waals surface area contributed by atoms with E-state index in [1.165, 1.54) is 30.3 Å². The maximum Gasteiger partial charge on any atom is 0.417 e. The highest BCUT2D eigenvalue weighted by Gasteiger charge is 2.34. The minimum atomic E-state index is -4.65. The van der Waals surface area contributed by atoms with Crippen LogP contribution in [0.1, 0.15) is 15.9 Å². The monoisotopic (exact) mass is 283 g/mol. The Hall–Kier alpha value is -2.37. The van der Waals surface area contributed by atoms with Gasteiger partial charge in [-0.2, -0.15) is 13.2 Å². The van der Waals surface area contributed by atoms with Crippen LogP contribution in [-0.4, -0.2) is 5.91 Å². The lowest BCUT2D eigenvalue weighted by molar-refractivity contribution is -0.137. The summed E-state index contributed by atoms with van der Waals surface area (Å²) in [5.41, 5.74) is -1.79. The van der Waals surface area contributed by atoms with Crippen molar-refractivity contribution in [3.63, 3.8) is 0 Å². The van der Waals surface area contributed by atoms with Crippen LogP contribution in [0, 0.1) is 5.82 Å². The van der Waals surface area contributed by atoms with E-state index in [2.05, 4.69) is 5.32 Å². The van der Waals surface area contributed by atoms with Crippen molar-refractivity contribution < 1.29 is 22.4 Å². The molecule has 0 atom stereocenters. The van der Waals surface area contributed by atoms with Gasteiger partial charge >= 0.3 is 6.18 Å². The van der Waals surface area contributed by atoms with Crippen LogP contribution in [0.2, 0.25) is 0 Å². The molecule has 104 valence electrons. The van der Waals surface area contributed by atoms with E-state index in [9.17, 15) is 22.4 Å². The Labute approximate surface area is 112 Å². The number of para-hydroxylation sites is 1. The minimum absolute atomic E-state index is 0.172. The molecule has 1 N–H and O–H groups in total. The molecule has 0 spiro atoms. The van der Waals surface area contributed by atoms with Crippen molar-refractivity contribution in [3.05, 3.63) is 65.5 Å². The van der Waals surface area contributed by atoms with Crippen LogP contribution >= 0.6 is 0 Å². The summed E-state index contributed by atoms with van der Waals surface area (Å²) in [6, 6.07) is 9.58. The molecule has 2 nitrogen and oxygen atoms in total. The van der Waals surface area contributed by atoms with Gasteiger partial charge in [0.05, 0.1) is 16.8 Å². The van der Waals surface area contributed by atoms with Gasteiger partial charge < -0.3 is 5.32 Å². The summed E-state index contributed by atoms with van der Waals surface area (Å²) >= 11 is 0. The number of hydrogen-bond acceptors (Lipinski definition) is 1. The number of nitrogens with one attached hydrogen (secondary N) is 1. The van der Waals surface area contributed by atoms with E-state index in [0.717, 1.165) is 18.2 Å². The zero-order valence-corrected chi connectivity index (χ0v) is 10.0. The van der Waals surface area contributed by atoms with E-state index in [0.29, 0.717) is 0 Å². The van der Waals surface area contributed by atoms with E-state index in [1.807, 2.05) is 0 Å². The molecular formula is C14H9F4NO. The fourth-order valence-corrected chi connectivity index (χ4v) is 1.68. The number of rotatable bonds is 2. The second-order valence-electron chi connectivity index (χ2n) is 3.98. The van der Waals surface area contributed by atoms with Crippen molar-refractivity contribution in [1.29, 1.82) is 0 Å². The Morgan fingerprint density at radius 2 is 1.55 bits per heavy atom. The Morgan fingerprint density at radius 1 is 0.950 bits per heavy atom. The number of halogens is 4. The third-order valence-corrected chi connectivity index (χ3v) is 2.60. The molecule has 2 aromatic carbocycles. The molecule has 0 aliphatic heterocycles. The first-order chi connectivity index (χ1) is 9.39. The number of carbonyl (C=O) groups is 1. The summed E-state index contributed by atoms with van der Waals surface area (Å²) in [7, 11) is 0. The fourth-order valence-electron chi connectivity index (χ4n) is 1.68. The van der Waals surface area contributed by atoms with E-state index in [1.54, 1.807) is 0 Å². The van der Waals surface area contributed by atoms with Gasteiger partial charge in [-0.3, -0.25) is 4.79 Å². The van der Waals surface area contributed by atoms with Crippen LogP contribution in [0.3, 0.4) is 0 Å². The van der Waals surface area contributed by atoms with Crippen molar-refractivity contribution in [2.24, 2.45) is 0 Å². The third kappa shape index (κ3) is 2.96. The Bertz CT molecular complexity index is 637. The van der Waals surface area contributed by atoms with Crippen molar-refractivity contribution in [1.82, 2.24) is 0 Å². The summed E-state index contributed by atoms with van der Waals surface area (Å²) in [4.78, 5) is 11.9. The summed E-state index contributed by atoms with van der Waals surface area (Å²) in [6.07, 6.45) is -4.65. The van der Waals surface area contributed by atoms with Gasteiger partial charge in [-0.25, -0.2) is 4.39 Å². The molecule has 0 bridgehead atoms. The van der Waals surface area contributed by atoms with E-state index in [-0.39, 0.29) is 5.69 Å². The molecule has 0 unspecified atom stereocenters. The maximum absolute atomic E-state index is 13.4. The fraction of sp³-hybridized carbons (Fsp3) is 0.0714. The number of benzene rings is 2. The predicted octanol–water partition coefficient (Wildman–Crippen LogP) is 4.10. The standard InChI is InChI=1S/C14H9F4NO/c15-11-7-3-4-8-12(11)19-13(20)9-5-1-2-6-10(9)14(16,17)18/h1-8H,(H,19,20). The van der Waals surface area contributed by atoms with Gasteiger partial charge in [0.2, 0.25) is 0 Å². The molecule has 0 saturated carbocycles. The van der Waals surface area contributed by atoms with Gasteiger partial charge in [-0.05, 0) is 24.3 Å². The Kier molecular flexibility index (Phi) is 3.74. The molecule has 1 amide bonds. The SMILES string of the molecule is O=C(Nc1ccccc1F)c1ccccc1C(F)(F)F. The summed E-state index contributed by atoms with van der Waals surface area (Å²) in [5, 5.41) is 2.13. The number of anilines is 1. The van der Waals surface area contributed by atoms with Gasteiger partial charge in [-0.15, -0.1) is 0 Å². The normalized spacial score (nSPS) is 11.2. The zero-order chi connectivity index (χ0) is 14.8. The predicted molar refractivity (Wildman–Crippen MR) is 65.8 cm³/mol. The number of hydrogen-bond donors (Lipinski definition) is 1. The molecule has 0 radical (unpaired) electrons. The number of carbonyl (C=O) groups excluding carboxylic acids is 1. The van der Waals surface area contributed by atoms with Crippen LogP contribution in [0.25, 0.3) is 0 Å². The van der Waals surface area contributed by atoms with Crippen LogP contribution in [0.4, 0.5) is 23.2 Å². The molecule has 6 heteroatoms. The zero-order valence-electron chi connectivity index (χ0n) is 10.0. The molecule has 20 heavy (non-hydrogen) atoms. The number of alkyl halides is 3. The average Bonchev–Trinajstić information content (AvgIpc) is 2.40. The highest BCUT2D eigenvalue weighted by Crippen LogP contribution is 2.32. The molecule has 0 saturated heterocycles. The quantitative estimate of drug-likeness (QED) is 0.826. The van der Waals surface area contributed by atoms with Gasteiger partial charge in [0.25, 0.3) is 5.91 Å². The highest BCUT2D eigenvalue weighted by molar-refractivity contribution is 6.05. The van der Waals surface area contributed by atoms with Crippen LogP contribution in [0.15, 0.2) is 48.5 Å². The summed E-state index contributed by atoms with van der Waals surface area (Å²) in [5.74, 6) is -1.73. The molecule has 0 heterocycles. The largest absolute Gasteiger partial charge is 0.417 e. The van der Waals surface area contributed by atoms with Crippen LogP contribution in [-0.2, 0) is 6.18 Å². The molecule has 0 fully saturated rings.